The van der Waals surface area contributed by atoms with E-state index in [2.05, 4.69) is 16.2 Å². The minimum Gasteiger partial charge on any atom is -0.240 e. The summed E-state index contributed by atoms with van der Waals surface area (Å²) in [5, 5.41) is 0.493. The fourth-order valence-corrected chi connectivity index (χ4v) is 0.436. The minimum atomic E-state index is 0.493. The number of hydrogen-bond donors (Lipinski definition) is 0. The molecule has 1 aromatic heterocycles. The van der Waals surface area contributed by atoms with Gasteiger partial charge in [0.2, 0.25) is 0 Å². The molecule has 1 heterocycles. The van der Waals surface area contributed by atoms with Crippen molar-refractivity contribution in [3.8, 4) is 0 Å². The zero-order valence-electron chi connectivity index (χ0n) is 4.35. The van der Waals surface area contributed by atoms with Gasteiger partial charge in [-0.15, -0.1) is 0 Å². The second-order valence-electron chi connectivity index (χ2n) is 1.38. The highest BCUT2D eigenvalue weighted by Gasteiger charge is 1.90. The topological polar surface area (TPSA) is 25.8 Å². The molecule has 8 heavy (non-hydrogen) atoms. The molecule has 1 aromatic rings. The van der Waals surface area contributed by atoms with E-state index in [0.717, 1.165) is 5.69 Å². The molecule has 0 spiro atoms. The van der Waals surface area contributed by atoms with Gasteiger partial charge >= 0.3 is 0 Å². The summed E-state index contributed by atoms with van der Waals surface area (Å²) >= 11 is 5.53. The highest BCUT2D eigenvalue weighted by Crippen LogP contribution is 2.06. The van der Waals surface area contributed by atoms with Gasteiger partial charge in [-0.25, -0.2) is 9.97 Å². The molecule has 1 radical (unpaired) electrons. The second-order valence-corrected chi connectivity index (χ2v) is 1.76. The smallest absolute Gasteiger partial charge is 0.116 e. The van der Waals surface area contributed by atoms with Crippen molar-refractivity contribution in [1.82, 2.24) is 9.97 Å². The standard InChI is InChI=1S/C5H4ClN2/c1-4-5(6)2-7-3-8-4/h3H,1H3. The lowest BCUT2D eigenvalue weighted by Crippen LogP contribution is -1.82. The quantitative estimate of drug-likeness (QED) is 0.524. The summed E-state index contributed by atoms with van der Waals surface area (Å²) in [4.78, 5) is 7.38. The fraction of sp³-hybridized carbons (Fsp3) is 0.200. The average Bonchev–Trinajstić information content (AvgIpc) is 1.77. The zero-order valence-corrected chi connectivity index (χ0v) is 5.11. The van der Waals surface area contributed by atoms with Crippen molar-refractivity contribution in [2.45, 2.75) is 6.92 Å². The van der Waals surface area contributed by atoms with E-state index in [1.807, 2.05) is 0 Å². The highest BCUT2D eigenvalue weighted by molar-refractivity contribution is 6.30. The second kappa shape index (κ2) is 2.09. The number of nitrogens with zero attached hydrogens (tertiary/aromatic N) is 2. The Morgan fingerprint density at radius 1 is 1.75 bits per heavy atom. The van der Waals surface area contributed by atoms with Crippen molar-refractivity contribution < 1.29 is 0 Å². The molecule has 0 aliphatic heterocycles. The van der Waals surface area contributed by atoms with Gasteiger partial charge < -0.3 is 0 Å². The molecule has 0 atom stereocenters. The third kappa shape index (κ3) is 0.954. The summed E-state index contributed by atoms with van der Waals surface area (Å²) in [6.07, 6.45) is 3.97. The molecule has 41 valence electrons. The maximum atomic E-state index is 5.53. The number of aromatic nitrogens is 2. The van der Waals surface area contributed by atoms with Crippen molar-refractivity contribution in [2.75, 3.05) is 0 Å². The molecular weight excluding hydrogens is 124 g/mol. The van der Waals surface area contributed by atoms with E-state index >= 15 is 0 Å². The first-order valence-electron chi connectivity index (χ1n) is 2.15. The summed E-state index contributed by atoms with van der Waals surface area (Å²) in [5.41, 5.74) is 0.765. The molecule has 0 aromatic carbocycles. The van der Waals surface area contributed by atoms with Crippen molar-refractivity contribution in [2.24, 2.45) is 0 Å². The van der Waals surface area contributed by atoms with Crippen LogP contribution in [-0.4, -0.2) is 9.97 Å². The van der Waals surface area contributed by atoms with Crippen LogP contribution in [0.3, 0.4) is 0 Å². The molecule has 0 amide bonds. The minimum absolute atomic E-state index is 0.493. The molecule has 0 N–H and O–H groups in total. The molecule has 0 saturated carbocycles. The molecule has 0 aliphatic rings. The first-order chi connectivity index (χ1) is 3.80. The van der Waals surface area contributed by atoms with Crippen LogP contribution in [0.4, 0.5) is 0 Å². The van der Waals surface area contributed by atoms with Crippen LogP contribution in [0.5, 0.6) is 0 Å². The van der Waals surface area contributed by atoms with E-state index in [-0.39, 0.29) is 0 Å². The van der Waals surface area contributed by atoms with Crippen LogP contribution in [0.15, 0.2) is 6.33 Å². The fourth-order valence-electron chi connectivity index (χ4n) is 0.339. The number of aryl methyl sites for hydroxylation is 1. The first-order valence-corrected chi connectivity index (χ1v) is 2.53. The van der Waals surface area contributed by atoms with Gasteiger partial charge in [-0.3, -0.25) is 0 Å². The maximum absolute atomic E-state index is 5.53. The van der Waals surface area contributed by atoms with Gasteiger partial charge in [0.1, 0.15) is 12.5 Å². The Morgan fingerprint density at radius 3 is 2.88 bits per heavy atom. The van der Waals surface area contributed by atoms with E-state index in [4.69, 9.17) is 11.6 Å². The summed E-state index contributed by atoms with van der Waals surface area (Å²) in [6.45, 7) is 1.81. The largest absolute Gasteiger partial charge is 0.240 e. The highest BCUT2D eigenvalue weighted by atomic mass is 35.5. The molecular formula is C5H4ClN2. The zero-order chi connectivity index (χ0) is 5.98. The number of rotatable bonds is 0. The normalized spacial score (nSPS) is 9.25. The average molecular weight is 128 g/mol. The van der Waals surface area contributed by atoms with Gasteiger partial charge in [-0.2, -0.15) is 0 Å². The van der Waals surface area contributed by atoms with Crippen LogP contribution >= 0.6 is 11.6 Å². The third-order valence-corrected chi connectivity index (χ3v) is 1.15. The van der Waals surface area contributed by atoms with Crippen LogP contribution in [-0.2, 0) is 0 Å². The van der Waals surface area contributed by atoms with E-state index in [1.54, 1.807) is 6.92 Å². The number of halogens is 1. The Balaban J connectivity index is 3.13. The van der Waals surface area contributed by atoms with Crippen molar-refractivity contribution in [3.63, 3.8) is 0 Å². The Bertz CT molecular complexity index is 167. The van der Waals surface area contributed by atoms with E-state index < -0.39 is 0 Å². The lowest BCUT2D eigenvalue weighted by atomic mass is 10.5. The summed E-state index contributed by atoms with van der Waals surface area (Å²) in [5.74, 6) is 0. The van der Waals surface area contributed by atoms with Crippen LogP contribution in [0.2, 0.25) is 5.02 Å². The Hall–Kier alpha value is -0.630. The summed E-state index contributed by atoms with van der Waals surface area (Å²) < 4.78 is 0. The Morgan fingerprint density at radius 2 is 2.50 bits per heavy atom. The van der Waals surface area contributed by atoms with Crippen LogP contribution in [0.1, 0.15) is 5.69 Å². The van der Waals surface area contributed by atoms with E-state index in [9.17, 15) is 0 Å². The maximum Gasteiger partial charge on any atom is 0.116 e. The van der Waals surface area contributed by atoms with Gasteiger partial charge in [-0.1, -0.05) is 11.6 Å². The van der Waals surface area contributed by atoms with Gasteiger partial charge in [0.25, 0.3) is 0 Å². The van der Waals surface area contributed by atoms with Crippen LogP contribution in [0, 0.1) is 13.1 Å². The summed E-state index contributed by atoms with van der Waals surface area (Å²) in [6, 6.07) is 0. The van der Waals surface area contributed by atoms with Gasteiger partial charge in [0, 0.05) is 0 Å². The van der Waals surface area contributed by atoms with Gasteiger partial charge in [0.05, 0.1) is 10.7 Å². The molecule has 0 unspecified atom stereocenters. The third-order valence-electron chi connectivity index (χ3n) is 0.789. The lowest BCUT2D eigenvalue weighted by molar-refractivity contribution is 1.09. The molecule has 0 saturated heterocycles. The van der Waals surface area contributed by atoms with Crippen LogP contribution in [0.25, 0.3) is 0 Å². The van der Waals surface area contributed by atoms with Gasteiger partial charge in [-0.05, 0) is 6.92 Å². The monoisotopic (exact) mass is 127 g/mol. The predicted molar refractivity (Wildman–Crippen MR) is 30.6 cm³/mol. The molecule has 0 bridgehead atoms. The SMILES string of the molecule is Cc1ncn[c]c1Cl. The van der Waals surface area contributed by atoms with Crippen molar-refractivity contribution in [1.29, 1.82) is 0 Å². The van der Waals surface area contributed by atoms with Crippen molar-refractivity contribution >= 4 is 11.6 Å². The van der Waals surface area contributed by atoms with Crippen molar-refractivity contribution in [3.05, 3.63) is 23.2 Å². The Kier molecular flexibility index (Phi) is 1.44. The molecule has 1 rings (SSSR count). The van der Waals surface area contributed by atoms with Gasteiger partial charge in [0.15, 0.2) is 0 Å². The molecule has 0 aliphatic carbocycles. The number of hydrogen-bond acceptors (Lipinski definition) is 2. The molecule has 2 nitrogen and oxygen atoms in total. The molecule has 3 heteroatoms. The lowest BCUT2D eigenvalue weighted by Gasteiger charge is -1.88. The molecule has 0 fully saturated rings. The van der Waals surface area contributed by atoms with Crippen LogP contribution < -0.4 is 0 Å². The van der Waals surface area contributed by atoms with E-state index in [0.29, 0.717) is 5.02 Å². The first kappa shape index (κ1) is 5.51. The van der Waals surface area contributed by atoms with E-state index in [1.165, 1.54) is 6.33 Å². The predicted octanol–water partition coefficient (Wildman–Crippen LogP) is 1.24. The summed E-state index contributed by atoms with van der Waals surface area (Å²) in [7, 11) is 0. The Labute approximate surface area is 52.5 Å².